The molecule has 0 radical (unpaired) electrons. The molecule has 0 bridgehead atoms. The van der Waals surface area contributed by atoms with Gasteiger partial charge >= 0.3 is 0 Å². The summed E-state index contributed by atoms with van der Waals surface area (Å²) in [6.07, 6.45) is 1.97. The molecule has 1 aliphatic rings. The lowest BCUT2D eigenvalue weighted by molar-refractivity contribution is 0.168. The molecule has 0 spiro atoms. The van der Waals surface area contributed by atoms with E-state index in [2.05, 4.69) is 4.98 Å². The molecule has 1 aromatic heterocycles. The Balaban J connectivity index is 1.99. The van der Waals surface area contributed by atoms with E-state index < -0.39 is 12.0 Å². The van der Waals surface area contributed by atoms with Gasteiger partial charge in [0.25, 0.3) is 0 Å². The maximum atomic E-state index is 13.3. The molecule has 0 amide bonds. The zero-order valence-electron chi connectivity index (χ0n) is 10.8. The van der Waals surface area contributed by atoms with Crippen molar-refractivity contribution in [3.8, 4) is 0 Å². The van der Waals surface area contributed by atoms with E-state index >= 15 is 0 Å². The van der Waals surface area contributed by atoms with Crippen molar-refractivity contribution in [2.45, 2.75) is 19.1 Å². The van der Waals surface area contributed by atoms with Gasteiger partial charge in [-0.3, -0.25) is 0 Å². The summed E-state index contributed by atoms with van der Waals surface area (Å²) in [6.45, 7) is 0.699. The molecule has 104 valence electrons. The highest BCUT2D eigenvalue weighted by Gasteiger charge is 2.25. The molecule has 3 nitrogen and oxygen atoms in total. The first-order valence-corrected chi connectivity index (χ1v) is 6.88. The van der Waals surface area contributed by atoms with Crippen LogP contribution in [-0.2, 0) is 6.42 Å². The van der Waals surface area contributed by atoms with Crippen molar-refractivity contribution in [2.75, 3.05) is 11.4 Å². The molecule has 2 aromatic rings. The number of hydrogen-bond donors (Lipinski definition) is 1. The van der Waals surface area contributed by atoms with Gasteiger partial charge in [-0.25, -0.2) is 9.37 Å². The van der Waals surface area contributed by atoms with Gasteiger partial charge in [0.2, 0.25) is 0 Å². The summed E-state index contributed by atoms with van der Waals surface area (Å²) in [6, 6.07) is 9.13. The lowest BCUT2D eigenvalue weighted by Crippen LogP contribution is -2.33. The van der Waals surface area contributed by atoms with Crippen molar-refractivity contribution in [2.24, 2.45) is 0 Å². The summed E-state index contributed by atoms with van der Waals surface area (Å²) >= 11 is 5.97. The number of fused-ring (bicyclic) bond motifs is 1. The minimum absolute atomic E-state index is 0.127. The molecule has 1 aromatic carbocycles. The Morgan fingerprint density at radius 1 is 1.35 bits per heavy atom. The Morgan fingerprint density at radius 2 is 2.15 bits per heavy atom. The molecule has 1 aliphatic heterocycles. The van der Waals surface area contributed by atoms with Gasteiger partial charge in [0.15, 0.2) is 6.23 Å². The molecular weight excluding hydrogens is 279 g/mol. The number of nitrogens with zero attached hydrogens (tertiary/aromatic N) is 2. The van der Waals surface area contributed by atoms with Gasteiger partial charge in [-0.2, -0.15) is 0 Å². The minimum atomic E-state index is -0.993. The third-order valence-electron chi connectivity index (χ3n) is 3.55. The standard InChI is InChI=1S/C15H14ClFN2O/c16-14-12(8-11(17)9-18-14)15(20)19-7-3-5-10-4-1-2-6-13(10)19/h1-2,4,6,8-9,15,20H,3,5,7H2. The van der Waals surface area contributed by atoms with Gasteiger partial charge in [-0.15, -0.1) is 0 Å². The molecule has 1 N–H and O–H groups in total. The van der Waals surface area contributed by atoms with Crippen molar-refractivity contribution >= 4 is 17.3 Å². The second kappa shape index (κ2) is 5.38. The quantitative estimate of drug-likeness (QED) is 0.863. The van der Waals surface area contributed by atoms with Crippen LogP contribution in [0.3, 0.4) is 0 Å². The normalized spacial score (nSPS) is 15.8. The monoisotopic (exact) mass is 292 g/mol. The number of aliphatic hydroxyl groups excluding tert-OH is 1. The Kier molecular flexibility index (Phi) is 3.59. The number of anilines is 1. The molecule has 0 aliphatic carbocycles. The fourth-order valence-electron chi connectivity index (χ4n) is 2.60. The maximum Gasteiger partial charge on any atom is 0.156 e. The topological polar surface area (TPSA) is 36.4 Å². The average Bonchev–Trinajstić information content (AvgIpc) is 2.48. The van der Waals surface area contributed by atoms with Gasteiger partial charge < -0.3 is 10.0 Å². The number of pyridine rings is 1. The molecule has 0 fully saturated rings. The highest BCUT2D eigenvalue weighted by molar-refractivity contribution is 6.30. The number of rotatable bonds is 2. The smallest absolute Gasteiger partial charge is 0.156 e. The Hall–Kier alpha value is -1.65. The maximum absolute atomic E-state index is 13.3. The summed E-state index contributed by atoms with van der Waals surface area (Å²) in [5, 5.41) is 10.7. The highest BCUT2D eigenvalue weighted by Crippen LogP contribution is 2.34. The molecule has 3 rings (SSSR count). The zero-order chi connectivity index (χ0) is 14.1. The van der Waals surface area contributed by atoms with Crippen LogP contribution >= 0.6 is 11.6 Å². The number of hydrogen-bond acceptors (Lipinski definition) is 3. The van der Waals surface area contributed by atoms with Gasteiger partial charge in [0.1, 0.15) is 11.0 Å². The average molecular weight is 293 g/mol. The van der Waals surface area contributed by atoms with Gasteiger partial charge in [0, 0.05) is 17.8 Å². The van der Waals surface area contributed by atoms with Crippen molar-refractivity contribution in [3.63, 3.8) is 0 Å². The van der Waals surface area contributed by atoms with E-state index in [9.17, 15) is 9.50 Å². The third-order valence-corrected chi connectivity index (χ3v) is 3.87. The van der Waals surface area contributed by atoms with Crippen molar-refractivity contribution < 1.29 is 9.50 Å². The van der Waals surface area contributed by atoms with E-state index in [0.717, 1.165) is 24.7 Å². The van der Waals surface area contributed by atoms with E-state index in [1.807, 2.05) is 29.2 Å². The predicted molar refractivity (Wildman–Crippen MR) is 76.3 cm³/mol. The molecule has 0 saturated heterocycles. The molecule has 1 atom stereocenters. The summed E-state index contributed by atoms with van der Waals surface area (Å²) in [4.78, 5) is 5.59. The predicted octanol–water partition coefficient (Wildman–Crippen LogP) is 3.32. The van der Waals surface area contributed by atoms with Crippen molar-refractivity contribution in [3.05, 3.63) is 58.6 Å². The van der Waals surface area contributed by atoms with Crippen LogP contribution in [0, 0.1) is 5.82 Å². The SMILES string of the molecule is OC(c1cc(F)cnc1Cl)N1CCCc2ccccc21. The molecular formula is C15H14ClFN2O. The van der Waals surface area contributed by atoms with Gasteiger partial charge in [0.05, 0.1) is 6.20 Å². The number of benzene rings is 1. The number of aliphatic hydroxyl groups is 1. The third kappa shape index (κ3) is 2.37. The molecule has 20 heavy (non-hydrogen) atoms. The first-order valence-electron chi connectivity index (χ1n) is 6.50. The number of halogens is 2. The van der Waals surface area contributed by atoms with Crippen LogP contribution < -0.4 is 4.90 Å². The Morgan fingerprint density at radius 3 is 3.00 bits per heavy atom. The number of aryl methyl sites for hydroxylation is 1. The minimum Gasteiger partial charge on any atom is -0.369 e. The molecule has 2 heterocycles. The van der Waals surface area contributed by atoms with Crippen LogP contribution in [0.25, 0.3) is 0 Å². The van der Waals surface area contributed by atoms with Crippen LogP contribution in [0.5, 0.6) is 0 Å². The summed E-state index contributed by atoms with van der Waals surface area (Å²) < 4.78 is 13.3. The lowest BCUT2D eigenvalue weighted by Gasteiger charge is -2.35. The fraction of sp³-hybridized carbons (Fsp3) is 0.267. The van der Waals surface area contributed by atoms with Crippen molar-refractivity contribution in [1.82, 2.24) is 4.98 Å². The van der Waals surface area contributed by atoms with E-state index in [-0.39, 0.29) is 5.15 Å². The number of aromatic nitrogens is 1. The first kappa shape index (κ1) is 13.3. The van der Waals surface area contributed by atoms with Crippen molar-refractivity contribution in [1.29, 1.82) is 0 Å². The van der Waals surface area contributed by atoms with Crippen LogP contribution in [0.2, 0.25) is 5.15 Å². The van der Waals surface area contributed by atoms with E-state index in [1.165, 1.54) is 11.6 Å². The van der Waals surface area contributed by atoms with Gasteiger partial charge in [-0.1, -0.05) is 29.8 Å². The van der Waals surface area contributed by atoms with Crippen LogP contribution in [-0.4, -0.2) is 16.6 Å². The van der Waals surface area contributed by atoms with E-state index in [1.54, 1.807) is 0 Å². The van der Waals surface area contributed by atoms with Crippen LogP contribution in [0.1, 0.15) is 23.8 Å². The zero-order valence-corrected chi connectivity index (χ0v) is 11.5. The number of para-hydroxylation sites is 1. The molecule has 5 heteroatoms. The first-order chi connectivity index (χ1) is 9.66. The largest absolute Gasteiger partial charge is 0.369 e. The summed E-state index contributed by atoms with van der Waals surface area (Å²) in [7, 11) is 0. The molecule has 0 saturated carbocycles. The second-order valence-electron chi connectivity index (χ2n) is 4.83. The van der Waals surface area contributed by atoms with E-state index in [4.69, 9.17) is 11.6 Å². The van der Waals surface area contributed by atoms with Crippen LogP contribution in [0.15, 0.2) is 36.5 Å². The summed E-state index contributed by atoms with van der Waals surface area (Å²) in [5.74, 6) is -0.506. The van der Waals surface area contributed by atoms with Crippen LogP contribution in [0.4, 0.5) is 10.1 Å². The highest BCUT2D eigenvalue weighted by atomic mass is 35.5. The lowest BCUT2D eigenvalue weighted by atomic mass is 10.0. The van der Waals surface area contributed by atoms with Gasteiger partial charge in [-0.05, 0) is 30.5 Å². The Bertz CT molecular complexity index is 635. The second-order valence-corrected chi connectivity index (χ2v) is 5.19. The van der Waals surface area contributed by atoms with E-state index in [0.29, 0.717) is 12.1 Å². The fourth-order valence-corrected chi connectivity index (χ4v) is 2.80. The Labute approximate surface area is 121 Å². The molecule has 1 unspecified atom stereocenters. The summed E-state index contributed by atoms with van der Waals surface area (Å²) in [5.41, 5.74) is 2.44.